The van der Waals surface area contributed by atoms with Crippen molar-refractivity contribution >= 4 is 5.78 Å². The number of pyridine rings is 1. The third kappa shape index (κ3) is 24.0. The van der Waals surface area contributed by atoms with Crippen molar-refractivity contribution < 1.29 is 23.7 Å². The second kappa shape index (κ2) is 32.5. The molecule has 8 rings (SSSR count). The number of likely N-dealkylation sites (tertiary alicyclic amines) is 2. The van der Waals surface area contributed by atoms with Crippen LogP contribution in [0.1, 0.15) is 211 Å². The molecule has 4 saturated carbocycles. The Kier molecular flexibility index (Phi) is 27.5. The van der Waals surface area contributed by atoms with Crippen molar-refractivity contribution in [2.75, 3.05) is 39.3 Å². The second-order valence-corrected chi connectivity index (χ2v) is 26.3. The molecule has 6 aliphatic rings. The van der Waals surface area contributed by atoms with E-state index in [0.717, 1.165) is 82.0 Å². The van der Waals surface area contributed by atoms with Gasteiger partial charge in [-0.1, -0.05) is 123 Å². The third-order valence-electron chi connectivity index (χ3n) is 15.7. The standard InChI is InChI=1S/C17H32N2O2.C16H32N2O.C16H25NO.C15H24N2O/c1-12(2)17(20)11-19-7-5-15(6-8-19)21-16-9-14(10-16)18-13(3)4;1-12(2)11-18-7-5-15(6-8-18)19-16-9-14(10-16)17-13(3)4;1-11(2)13-6-5-7-15(8-13)18-16-9-14(10-16)17-12(3)4;1-10(2)12-5-6-16-15(7-12)18-14-8-13(9-14)17-11(3)4/h12-16,18H,5-11H2,1-4H3;12-17H,5-11H2,1-4H3;5-8,11-12,14,16-17H,9-10H2,1-4H3;5-7,10-11,13-14,17H,8-9H2,1-4H3. The van der Waals surface area contributed by atoms with Crippen LogP contribution in [-0.2, 0) is 14.3 Å². The number of ketones is 1. The van der Waals surface area contributed by atoms with Gasteiger partial charge < -0.3 is 45.1 Å². The Bertz CT molecular complexity index is 1810. The number of aromatic nitrogens is 1. The van der Waals surface area contributed by atoms with Gasteiger partial charge in [-0.25, -0.2) is 4.98 Å². The molecule has 0 radical (unpaired) electrons. The molecule has 1 aromatic heterocycles. The van der Waals surface area contributed by atoms with Gasteiger partial charge in [0.1, 0.15) is 23.7 Å². The van der Waals surface area contributed by atoms with Gasteiger partial charge in [-0.3, -0.25) is 9.69 Å². The minimum Gasteiger partial charge on any atom is -0.490 e. The van der Waals surface area contributed by atoms with Gasteiger partial charge in [-0.05, 0) is 124 Å². The van der Waals surface area contributed by atoms with Gasteiger partial charge in [0.05, 0.1) is 31.0 Å². The highest BCUT2D eigenvalue weighted by Gasteiger charge is 2.36. The van der Waals surface area contributed by atoms with E-state index in [1.807, 2.05) is 20.0 Å². The molecule has 12 nitrogen and oxygen atoms in total. The summed E-state index contributed by atoms with van der Waals surface area (Å²) in [4.78, 5) is 20.9. The highest BCUT2D eigenvalue weighted by molar-refractivity contribution is 5.82. The third-order valence-corrected chi connectivity index (χ3v) is 15.7. The first-order chi connectivity index (χ1) is 36.0. The van der Waals surface area contributed by atoms with Crippen LogP contribution in [0.15, 0.2) is 42.6 Å². The average molecular weight is 1060 g/mol. The largest absolute Gasteiger partial charge is 0.490 e. The number of ether oxygens (including phenoxy) is 4. The van der Waals surface area contributed by atoms with E-state index in [0.29, 0.717) is 109 Å². The number of Topliss-reactive ketones (excluding diaryl/α,β-unsaturated/α-hetero) is 1. The predicted octanol–water partition coefficient (Wildman–Crippen LogP) is 11.7. The summed E-state index contributed by atoms with van der Waals surface area (Å²) in [6.45, 7) is 41.3. The Hall–Kier alpha value is -2.68. The molecule has 12 heteroatoms. The number of carbonyl (C=O) groups excluding carboxylic acids is 1. The Morgan fingerprint density at radius 2 is 0.921 bits per heavy atom. The van der Waals surface area contributed by atoms with E-state index in [1.165, 1.54) is 56.4 Å². The van der Waals surface area contributed by atoms with Crippen LogP contribution in [0.4, 0.5) is 0 Å². The summed E-state index contributed by atoms with van der Waals surface area (Å²) in [5.41, 5.74) is 2.64. The van der Waals surface area contributed by atoms with Crippen molar-refractivity contribution in [3.05, 3.63) is 53.7 Å². The molecule has 434 valence electrons. The SMILES string of the molecule is CC(C)CN1CCC(OC2CC(NC(C)C)C2)CC1.CC(C)NC1CC(OC2CCN(CC(=O)C(C)C)CC2)C1.CC(C)NC1CC(Oc2cc(C(C)C)ccn2)C1.CC(C)NC1CC(Oc2cccc(C(C)C)c2)C1. The van der Waals surface area contributed by atoms with Crippen molar-refractivity contribution in [2.45, 2.75) is 285 Å². The molecule has 6 fully saturated rings. The molecule has 2 saturated heterocycles. The number of carbonyl (C=O) groups is 1. The number of piperidine rings is 2. The summed E-state index contributed by atoms with van der Waals surface area (Å²) in [5, 5.41) is 14.2. The highest BCUT2D eigenvalue weighted by Crippen LogP contribution is 2.31. The van der Waals surface area contributed by atoms with Crippen molar-refractivity contribution in [1.29, 1.82) is 0 Å². The molecule has 2 aliphatic heterocycles. The van der Waals surface area contributed by atoms with Crippen LogP contribution >= 0.6 is 0 Å². The van der Waals surface area contributed by atoms with E-state index in [-0.39, 0.29) is 5.92 Å². The second-order valence-electron chi connectivity index (χ2n) is 26.3. The zero-order valence-electron chi connectivity index (χ0n) is 51.0. The number of rotatable bonds is 23. The quantitative estimate of drug-likeness (QED) is 0.0848. The zero-order valence-corrected chi connectivity index (χ0v) is 51.0. The summed E-state index contributed by atoms with van der Waals surface area (Å²) >= 11 is 0. The van der Waals surface area contributed by atoms with Gasteiger partial charge in [0.15, 0.2) is 0 Å². The number of hydrogen-bond donors (Lipinski definition) is 4. The molecule has 0 amide bonds. The molecule has 0 bridgehead atoms. The predicted molar refractivity (Wildman–Crippen MR) is 316 cm³/mol. The molecule has 2 aromatic rings. The van der Waals surface area contributed by atoms with Crippen LogP contribution in [-0.4, -0.2) is 145 Å². The summed E-state index contributed by atoms with van der Waals surface area (Å²) in [5.74, 6) is 4.17. The van der Waals surface area contributed by atoms with Gasteiger partial charge in [-0.15, -0.1) is 0 Å². The minimum atomic E-state index is 0.152. The molecular formula is C64H113N7O5. The lowest BCUT2D eigenvalue weighted by molar-refractivity contribution is -0.124. The highest BCUT2D eigenvalue weighted by atomic mass is 16.5. The first-order valence-electron chi connectivity index (χ1n) is 30.8. The van der Waals surface area contributed by atoms with Crippen LogP contribution in [0.2, 0.25) is 0 Å². The van der Waals surface area contributed by atoms with E-state index in [2.05, 4.69) is 169 Å². The summed E-state index contributed by atoms with van der Waals surface area (Å²) in [6, 6.07) is 17.5. The molecule has 76 heavy (non-hydrogen) atoms. The van der Waals surface area contributed by atoms with Crippen LogP contribution < -0.4 is 30.7 Å². The van der Waals surface area contributed by atoms with Gasteiger partial charge >= 0.3 is 0 Å². The summed E-state index contributed by atoms with van der Waals surface area (Å²) in [6.07, 6.45) is 18.2. The van der Waals surface area contributed by atoms with Crippen LogP contribution in [0.5, 0.6) is 11.6 Å². The average Bonchev–Trinajstić information content (AvgIpc) is 3.30. The normalized spacial score (nSPS) is 26.3. The number of nitrogens with one attached hydrogen (secondary N) is 4. The fourth-order valence-corrected chi connectivity index (χ4v) is 11.2. The van der Waals surface area contributed by atoms with Crippen molar-refractivity contribution in [1.82, 2.24) is 36.1 Å². The van der Waals surface area contributed by atoms with Crippen molar-refractivity contribution in [3.8, 4) is 11.6 Å². The van der Waals surface area contributed by atoms with Gasteiger partial charge in [0.2, 0.25) is 5.88 Å². The molecule has 1 aromatic carbocycles. The molecule has 0 unspecified atom stereocenters. The molecule has 4 N–H and O–H groups in total. The molecule has 4 aliphatic carbocycles. The topological polar surface area (TPSA) is 121 Å². The Labute approximate surface area is 464 Å². The van der Waals surface area contributed by atoms with E-state index >= 15 is 0 Å². The van der Waals surface area contributed by atoms with Crippen molar-refractivity contribution in [2.24, 2.45) is 11.8 Å². The van der Waals surface area contributed by atoms with Gasteiger partial charge in [-0.2, -0.15) is 0 Å². The van der Waals surface area contributed by atoms with Gasteiger partial charge in [0.25, 0.3) is 0 Å². The molecule has 0 spiro atoms. The van der Waals surface area contributed by atoms with Crippen LogP contribution in [0, 0.1) is 11.8 Å². The lowest BCUT2D eigenvalue weighted by atomic mass is 9.88. The van der Waals surface area contributed by atoms with E-state index in [9.17, 15) is 4.79 Å². The lowest BCUT2D eigenvalue weighted by Gasteiger charge is -2.41. The molecular weight excluding hydrogens is 947 g/mol. The number of hydrogen-bond acceptors (Lipinski definition) is 12. The van der Waals surface area contributed by atoms with Gasteiger partial charge in [0, 0.05) is 99.2 Å². The van der Waals surface area contributed by atoms with Crippen LogP contribution in [0.3, 0.4) is 0 Å². The fraction of sp³-hybridized carbons (Fsp3) is 0.812. The first-order valence-corrected chi connectivity index (χ1v) is 30.8. The Morgan fingerprint density at radius 1 is 0.513 bits per heavy atom. The number of benzene rings is 1. The van der Waals surface area contributed by atoms with E-state index in [4.69, 9.17) is 18.9 Å². The summed E-state index contributed by atoms with van der Waals surface area (Å²) in [7, 11) is 0. The Balaban J connectivity index is 0.000000187. The number of nitrogens with zero attached hydrogens (tertiary/aromatic N) is 3. The minimum absolute atomic E-state index is 0.152. The maximum Gasteiger partial charge on any atom is 0.213 e. The molecule has 0 atom stereocenters. The van der Waals surface area contributed by atoms with E-state index in [1.54, 1.807) is 0 Å². The molecule has 3 heterocycles. The Morgan fingerprint density at radius 3 is 1.33 bits per heavy atom. The maximum atomic E-state index is 11.8. The van der Waals surface area contributed by atoms with Crippen LogP contribution in [0.25, 0.3) is 0 Å². The smallest absolute Gasteiger partial charge is 0.213 e. The maximum absolute atomic E-state index is 11.8. The van der Waals surface area contributed by atoms with Crippen molar-refractivity contribution in [3.63, 3.8) is 0 Å². The summed E-state index contributed by atoms with van der Waals surface area (Å²) < 4.78 is 24.3. The fourth-order valence-electron chi connectivity index (χ4n) is 11.2. The first kappa shape index (κ1) is 64.1. The monoisotopic (exact) mass is 1060 g/mol. The lowest BCUT2D eigenvalue weighted by Crippen LogP contribution is -2.50. The van der Waals surface area contributed by atoms with E-state index < -0.39 is 0 Å². The zero-order chi connectivity index (χ0) is 55.5.